The van der Waals surface area contributed by atoms with E-state index in [9.17, 15) is 10.1 Å². The van der Waals surface area contributed by atoms with Crippen LogP contribution < -0.4 is 14.8 Å². The molecule has 0 radical (unpaired) electrons. The van der Waals surface area contributed by atoms with E-state index in [0.29, 0.717) is 34.1 Å². The van der Waals surface area contributed by atoms with Crippen LogP contribution in [0.3, 0.4) is 0 Å². The number of rotatable bonds is 6. The lowest BCUT2D eigenvalue weighted by atomic mass is 9.86. The van der Waals surface area contributed by atoms with Gasteiger partial charge in [-0.05, 0) is 65.4 Å². The predicted molar refractivity (Wildman–Crippen MR) is 105 cm³/mol. The van der Waals surface area contributed by atoms with Gasteiger partial charge in [0.25, 0.3) is 5.91 Å². The van der Waals surface area contributed by atoms with Gasteiger partial charge in [-0.25, -0.2) is 0 Å². The lowest BCUT2D eigenvalue weighted by Gasteiger charge is -2.29. The van der Waals surface area contributed by atoms with Gasteiger partial charge in [0, 0.05) is 6.04 Å². The van der Waals surface area contributed by atoms with E-state index in [1.165, 1.54) is 6.42 Å². The van der Waals surface area contributed by atoms with Gasteiger partial charge in [-0.3, -0.25) is 4.79 Å². The van der Waals surface area contributed by atoms with Crippen LogP contribution in [0.1, 0.15) is 45.1 Å². The lowest BCUT2D eigenvalue weighted by molar-refractivity contribution is -0.118. The fraction of sp³-hybridized carbons (Fsp3) is 0.500. The van der Waals surface area contributed by atoms with Gasteiger partial charge >= 0.3 is 0 Å². The number of nitrogens with one attached hydrogen (secondary N) is 1. The number of hydrogen-bond donors (Lipinski definition) is 1. The molecule has 0 aromatic heterocycles. The van der Waals surface area contributed by atoms with E-state index in [4.69, 9.17) is 9.47 Å². The Bertz CT molecular complexity index is 725. The van der Waals surface area contributed by atoms with Crippen LogP contribution in [0.2, 0.25) is 0 Å². The molecule has 0 heterocycles. The maximum absolute atomic E-state index is 12.5. The number of carbonyl (C=O) groups is 1. The Hall–Kier alpha value is -2.00. The predicted octanol–water partition coefficient (Wildman–Crippen LogP) is 4.46. The molecule has 26 heavy (non-hydrogen) atoms. The molecule has 1 N–H and O–H groups in total. The second kappa shape index (κ2) is 9.63. The van der Waals surface area contributed by atoms with Crippen molar-refractivity contribution in [2.75, 3.05) is 13.7 Å². The molecule has 1 aromatic rings. The highest BCUT2D eigenvalue weighted by Crippen LogP contribution is 2.37. The van der Waals surface area contributed by atoms with Gasteiger partial charge in [0.2, 0.25) is 0 Å². The highest BCUT2D eigenvalue weighted by atomic mass is 79.9. The minimum absolute atomic E-state index is 0.0842. The Labute approximate surface area is 163 Å². The van der Waals surface area contributed by atoms with Crippen LogP contribution in [0.15, 0.2) is 22.2 Å². The van der Waals surface area contributed by atoms with E-state index < -0.39 is 0 Å². The number of benzene rings is 1. The zero-order valence-corrected chi connectivity index (χ0v) is 17.1. The van der Waals surface area contributed by atoms with Crippen LogP contribution >= 0.6 is 15.9 Å². The number of nitrogens with zero attached hydrogens (tertiary/aromatic N) is 1. The molecule has 2 atom stereocenters. The smallest absolute Gasteiger partial charge is 0.262 e. The number of methoxy groups -OCH3 is 1. The second-order valence-corrected chi connectivity index (χ2v) is 7.33. The van der Waals surface area contributed by atoms with Crippen molar-refractivity contribution in [2.45, 2.75) is 45.6 Å². The van der Waals surface area contributed by atoms with Gasteiger partial charge in [0.1, 0.15) is 11.6 Å². The third-order valence-corrected chi connectivity index (χ3v) is 5.23. The molecule has 6 heteroatoms. The summed E-state index contributed by atoms with van der Waals surface area (Å²) in [5.41, 5.74) is 0.779. The van der Waals surface area contributed by atoms with E-state index in [1.54, 1.807) is 25.3 Å². The Morgan fingerprint density at radius 3 is 2.77 bits per heavy atom. The monoisotopic (exact) mass is 420 g/mol. The number of amides is 1. The van der Waals surface area contributed by atoms with Crippen molar-refractivity contribution in [1.29, 1.82) is 5.26 Å². The summed E-state index contributed by atoms with van der Waals surface area (Å²) in [5, 5.41) is 12.5. The van der Waals surface area contributed by atoms with E-state index in [0.717, 1.165) is 19.3 Å². The molecule has 140 valence electrons. The first-order chi connectivity index (χ1) is 12.5. The average Bonchev–Trinajstić information content (AvgIpc) is 2.63. The minimum atomic E-state index is -0.324. The summed E-state index contributed by atoms with van der Waals surface area (Å²) >= 11 is 3.46. The Kier molecular flexibility index (Phi) is 7.52. The van der Waals surface area contributed by atoms with Gasteiger partial charge in [-0.2, -0.15) is 5.26 Å². The van der Waals surface area contributed by atoms with E-state index in [-0.39, 0.29) is 17.5 Å². The number of nitriles is 1. The molecule has 1 aliphatic rings. The summed E-state index contributed by atoms with van der Waals surface area (Å²) in [6.07, 6.45) is 5.97. The molecule has 1 aromatic carbocycles. The third kappa shape index (κ3) is 5.01. The van der Waals surface area contributed by atoms with E-state index in [2.05, 4.69) is 28.2 Å². The van der Waals surface area contributed by atoms with Crippen LogP contribution in [0, 0.1) is 17.2 Å². The normalized spacial score (nSPS) is 20.2. The van der Waals surface area contributed by atoms with Crippen LogP contribution in [-0.2, 0) is 4.79 Å². The molecule has 1 amide bonds. The van der Waals surface area contributed by atoms with Crippen molar-refractivity contribution in [3.05, 3.63) is 27.7 Å². The van der Waals surface area contributed by atoms with E-state index >= 15 is 0 Å². The van der Waals surface area contributed by atoms with Gasteiger partial charge in [-0.15, -0.1) is 0 Å². The Balaban J connectivity index is 2.23. The topological polar surface area (TPSA) is 71.3 Å². The van der Waals surface area contributed by atoms with Crippen LogP contribution in [0.5, 0.6) is 11.5 Å². The summed E-state index contributed by atoms with van der Waals surface area (Å²) in [4.78, 5) is 12.5. The van der Waals surface area contributed by atoms with Gasteiger partial charge < -0.3 is 14.8 Å². The molecule has 0 saturated heterocycles. The maximum atomic E-state index is 12.5. The second-order valence-electron chi connectivity index (χ2n) is 6.48. The first-order valence-electron chi connectivity index (χ1n) is 8.93. The number of ether oxygens (including phenoxy) is 2. The largest absolute Gasteiger partial charge is 0.493 e. The quantitative estimate of drug-likeness (QED) is 0.544. The minimum Gasteiger partial charge on any atom is -0.493 e. The summed E-state index contributed by atoms with van der Waals surface area (Å²) in [6, 6.07) is 5.71. The fourth-order valence-electron chi connectivity index (χ4n) is 3.20. The molecule has 0 spiro atoms. The molecule has 0 unspecified atom stereocenters. The van der Waals surface area contributed by atoms with Crippen LogP contribution in [-0.4, -0.2) is 25.7 Å². The average molecular weight is 421 g/mol. The van der Waals surface area contributed by atoms with Crippen molar-refractivity contribution in [3.8, 4) is 17.6 Å². The van der Waals surface area contributed by atoms with Crippen LogP contribution in [0.25, 0.3) is 6.08 Å². The molecular formula is C20H25BrN2O3. The molecule has 0 bridgehead atoms. The molecule has 1 aliphatic carbocycles. The molecule has 0 aliphatic heterocycles. The Morgan fingerprint density at radius 1 is 1.42 bits per heavy atom. The highest BCUT2D eigenvalue weighted by Gasteiger charge is 2.24. The van der Waals surface area contributed by atoms with E-state index in [1.807, 2.05) is 13.0 Å². The Morgan fingerprint density at radius 2 is 2.15 bits per heavy atom. The summed E-state index contributed by atoms with van der Waals surface area (Å²) in [5.74, 6) is 1.26. The van der Waals surface area contributed by atoms with Crippen molar-refractivity contribution in [3.63, 3.8) is 0 Å². The van der Waals surface area contributed by atoms with Gasteiger partial charge in [-0.1, -0.05) is 19.8 Å². The summed E-state index contributed by atoms with van der Waals surface area (Å²) in [6.45, 7) is 4.55. The zero-order chi connectivity index (χ0) is 19.1. The maximum Gasteiger partial charge on any atom is 0.262 e. The molecule has 5 nitrogen and oxygen atoms in total. The standard InChI is InChI=1S/C20H25BrN2O3/c1-4-26-19-16(21)10-14(11-18(19)25-3)9-15(12-22)20(24)23-17-8-6-5-7-13(17)2/h9-11,13,17H,4-8H2,1-3H3,(H,23,24)/b15-9+/t13-,17+/m1/s1. The summed E-state index contributed by atoms with van der Waals surface area (Å²) in [7, 11) is 1.56. The first-order valence-corrected chi connectivity index (χ1v) is 9.72. The van der Waals surface area contributed by atoms with Crippen molar-refractivity contribution < 1.29 is 14.3 Å². The molecule has 2 rings (SSSR count). The third-order valence-electron chi connectivity index (χ3n) is 4.64. The van der Waals surface area contributed by atoms with Gasteiger partial charge in [0.15, 0.2) is 11.5 Å². The number of hydrogen-bond acceptors (Lipinski definition) is 4. The number of halogens is 1. The highest BCUT2D eigenvalue weighted by molar-refractivity contribution is 9.10. The molecule has 1 saturated carbocycles. The van der Waals surface area contributed by atoms with Crippen molar-refractivity contribution >= 4 is 27.9 Å². The molecule has 1 fully saturated rings. The summed E-state index contributed by atoms with van der Waals surface area (Å²) < 4.78 is 11.6. The van der Waals surface area contributed by atoms with Crippen molar-refractivity contribution in [2.24, 2.45) is 5.92 Å². The lowest BCUT2D eigenvalue weighted by Crippen LogP contribution is -2.41. The molecular weight excluding hydrogens is 396 g/mol. The van der Waals surface area contributed by atoms with Crippen LogP contribution in [0.4, 0.5) is 0 Å². The van der Waals surface area contributed by atoms with Crippen molar-refractivity contribution in [1.82, 2.24) is 5.32 Å². The number of carbonyl (C=O) groups excluding carboxylic acids is 1. The fourth-order valence-corrected chi connectivity index (χ4v) is 3.77. The zero-order valence-electron chi connectivity index (χ0n) is 15.5. The van der Waals surface area contributed by atoms with Gasteiger partial charge in [0.05, 0.1) is 18.2 Å². The SMILES string of the molecule is CCOc1c(Br)cc(/C=C(\C#N)C(=O)N[C@H]2CCCC[C@H]2C)cc1OC. The first kappa shape index (κ1) is 20.3.